The Morgan fingerprint density at radius 2 is 2.21 bits per heavy atom. The summed E-state index contributed by atoms with van der Waals surface area (Å²) in [5.74, 6) is 1.36. The van der Waals surface area contributed by atoms with E-state index in [1.165, 1.54) is 0 Å². The zero-order valence-electron chi connectivity index (χ0n) is 15.6. The van der Waals surface area contributed by atoms with Crippen LogP contribution in [-0.4, -0.2) is 38.6 Å². The van der Waals surface area contributed by atoms with E-state index in [0.29, 0.717) is 22.9 Å². The molecule has 1 aromatic carbocycles. The number of aromatic nitrogens is 1. The number of hydrogen-bond acceptors (Lipinski definition) is 6. The van der Waals surface area contributed by atoms with Crippen molar-refractivity contribution in [3.8, 4) is 11.5 Å². The molecule has 1 N–H and O–H groups in total. The molecule has 5 nitrogen and oxygen atoms in total. The molecular formula is C20H21BrClN3O2S. The van der Waals surface area contributed by atoms with E-state index in [1.54, 1.807) is 18.0 Å². The molecule has 0 saturated carbocycles. The van der Waals surface area contributed by atoms with E-state index in [0.717, 1.165) is 28.6 Å². The number of rotatable bonds is 5. The SMILES string of the molecule is CCOc1cc([C@H]2[C@@H](c3ccccn3)N=C3SC[C@@H](CC)N32)c(Br)c(Cl)c1O. The van der Waals surface area contributed by atoms with Gasteiger partial charge in [-0.2, -0.15) is 0 Å². The predicted molar refractivity (Wildman–Crippen MR) is 118 cm³/mol. The van der Waals surface area contributed by atoms with Crippen LogP contribution in [0.4, 0.5) is 0 Å². The van der Waals surface area contributed by atoms with Crippen molar-refractivity contribution in [1.29, 1.82) is 0 Å². The largest absolute Gasteiger partial charge is 0.503 e. The van der Waals surface area contributed by atoms with Crippen molar-refractivity contribution in [3.05, 3.63) is 51.2 Å². The summed E-state index contributed by atoms with van der Waals surface area (Å²) in [5, 5.41) is 11.7. The summed E-state index contributed by atoms with van der Waals surface area (Å²) < 4.78 is 6.32. The minimum absolute atomic E-state index is 0.0458. The lowest BCUT2D eigenvalue weighted by molar-refractivity contribution is 0.253. The third-order valence-electron chi connectivity index (χ3n) is 5.12. The number of aliphatic imine (C=N–C) groups is 1. The quantitative estimate of drug-likeness (QED) is 0.603. The Kier molecular flexibility index (Phi) is 5.76. The second-order valence-electron chi connectivity index (χ2n) is 6.71. The van der Waals surface area contributed by atoms with E-state index in [1.807, 2.05) is 31.2 Å². The number of phenols is 1. The Hall–Kier alpha value is -1.44. The van der Waals surface area contributed by atoms with Gasteiger partial charge in [0.1, 0.15) is 11.1 Å². The molecule has 1 aromatic heterocycles. The van der Waals surface area contributed by atoms with Gasteiger partial charge in [0.05, 0.1) is 18.3 Å². The van der Waals surface area contributed by atoms with Crippen LogP contribution >= 0.6 is 39.3 Å². The molecule has 2 aromatic rings. The Morgan fingerprint density at radius 3 is 2.89 bits per heavy atom. The first-order valence-electron chi connectivity index (χ1n) is 9.30. The van der Waals surface area contributed by atoms with E-state index < -0.39 is 0 Å². The number of aromatic hydroxyl groups is 1. The Bertz CT molecular complexity index is 912. The van der Waals surface area contributed by atoms with Crippen LogP contribution in [0.1, 0.15) is 43.6 Å². The molecule has 0 amide bonds. The fourth-order valence-electron chi connectivity index (χ4n) is 3.78. The van der Waals surface area contributed by atoms with Gasteiger partial charge in [0.2, 0.25) is 0 Å². The first kappa shape index (κ1) is 19.9. The summed E-state index contributed by atoms with van der Waals surface area (Å²) in [7, 11) is 0. The van der Waals surface area contributed by atoms with Crippen LogP contribution in [0.25, 0.3) is 0 Å². The van der Waals surface area contributed by atoms with Gasteiger partial charge in [0.15, 0.2) is 16.7 Å². The summed E-state index contributed by atoms with van der Waals surface area (Å²) in [5.41, 5.74) is 1.86. The highest BCUT2D eigenvalue weighted by atomic mass is 79.9. The molecule has 1 fully saturated rings. The minimum Gasteiger partial charge on any atom is -0.503 e. The average Bonchev–Trinajstić information content (AvgIpc) is 3.28. The molecular weight excluding hydrogens is 462 g/mol. The number of ether oxygens (including phenoxy) is 1. The van der Waals surface area contributed by atoms with Crippen molar-refractivity contribution in [3.63, 3.8) is 0 Å². The molecule has 0 aliphatic carbocycles. The first-order chi connectivity index (χ1) is 13.6. The maximum atomic E-state index is 10.4. The predicted octanol–water partition coefficient (Wildman–Crippen LogP) is 5.58. The van der Waals surface area contributed by atoms with Crippen LogP contribution in [0.5, 0.6) is 11.5 Å². The van der Waals surface area contributed by atoms with E-state index in [2.05, 4.69) is 32.7 Å². The Balaban J connectivity index is 1.87. The highest BCUT2D eigenvalue weighted by Crippen LogP contribution is 2.53. The molecule has 2 aliphatic heterocycles. The highest BCUT2D eigenvalue weighted by molar-refractivity contribution is 9.10. The number of halogens is 2. The van der Waals surface area contributed by atoms with Gasteiger partial charge in [-0.15, -0.1) is 0 Å². The van der Waals surface area contributed by atoms with Crippen LogP contribution in [0.15, 0.2) is 39.9 Å². The van der Waals surface area contributed by atoms with Gasteiger partial charge >= 0.3 is 0 Å². The maximum absolute atomic E-state index is 10.4. The summed E-state index contributed by atoms with van der Waals surface area (Å²) in [6.45, 7) is 4.52. The monoisotopic (exact) mass is 481 g/mol. The van der Waals surface area contributed by atoms with Gasteiger partial charge in [-0.05, 0) is 53.0 Å². The number of benzene rings is 1. The summed E-state index contributed by atoms with van der Waals surface area (Å²) in [6.07, 6.45) is 2.82. The van der Waals surface area contributed by atoms with Crippen LogP contribution < -0.4 is 4.74 Å². The number of thioether (sulfide) groups is 1. The molecule has 3 atom stereocenters. The molecule has 0 bridgehead atoms. The van der Waals surface area contributed by atoms with Gasteiger partial charge in [-0.25, -0.2) is 0 Å². The number of pyridine rings is 1. The minimum atomic E-state index is -0.149. The van der Waals surface area contributed by atoms with E-state index >= 15 is 0 Å². The molecule has 28 heavy (non-hydrogen) atoms. The van der Waals surface area contributed by atoms with Gasteiger partial charge in [-0.3, -0.25) is 9.98 Å². The third kappa shape index (κ3) is 3.27. The number of nitrogens with zero attached hydrogens (tertiary/aromatic N) is 3. The van der Waals surface area contributed by atoms with Crippen molar-refractivity contribution in [2.75, 3.05) is 12.4 Å². The summed E-state index contributed by atoms with van der Waals surface area (Å²) in [4.78, 5) is 12.0. The third-order valence-corrected chi connectivity index (χ3v) is 7.70. The molecule has 3 heterocycles. The fourth-order valence-corrected chi connectivity index (χ4v) is 5.86. The number of fused-ring (bicyclic) bond motifs is 1. The molecule has 4 rings (SSSR count). The van der Waals surface area contributed by atoms with E-state index in [-0.39, 0.29) is 22.9 Å². The standard InChI is InChI=1S/C20H21BrClN3O2S/c1-3-11-10-28-20-24-17(13-7-5-6-8-23-13)18(25(11)20)12-9-14(27-4-2)19(26)16(22)15(12)21/h5-9,11,17-18,26H,3-4,10H2,1-2H3/t11-,17-,18+/m1/s1. The van der Waals surface area contributed by atoms with Crippen molar-refractivity contribution in [1.82, 2.24) is 9.88 Å². The number of phenolic OH excluding ortho intramolecular Hbond substituents is 1. The van der Waals surface area contributed by atoms with Crippen molar-refractivity contribution in [2.24, 2.45) is 4.99 Å². The fraction of sp³-hybridized carbons (Fsp3) is 0.400. The van der Waals surface area contributed by atoms with Gasteiger partial charge in [-0.1, -0.05) is 36.4 Å². The summed E-state index contributed by atoms with van der Waals surface area (Å²) >= 11 is 11.9. The van der Waals surface area contributed by atoms with Crippen LogP contribution in [0, 0.1) is 0 Å². The normalized spacial score (nSPS) is 23.6. The number of amidine groups is 1. The molecule has 8 heteroatoms. The first-order valence-corrected chi connectivity index (χ1v) is 11.5. The van der Waals surface area contributed by atoms with E-state index in [9.17, 15) is 5.11 Å². The lowest BCUT2D eigenvalue weighted by Crippen LogP contribution is -2.35. The van der Waals surface area contributed by atoms with Gasteiger partial charge < -0.3 is 14.7 Å². The molecule has 0 unspecified atom stereocenters. The van der Waals surface area contributed by atoms with Crippen molar-refractivity contribution in [2.45, 2.75) is 38.4 Å². The smallest absolute Gasteiger partial charge is 0.177 e. The zero-order valence-corrected chi connectivity index (χ0v) is 18.8. The molecule has 0 radical (unpaired) electrons. The van der Waals surface area contributed by atoms with Gasteiger partial charge in [0.25, 0.3) is 0 Å². The highest BCUT2D eigenvalue weighted by Gasteiger charge is 2.46. The van der Waals surface area contributed by atoms with Crippen LogP contribution in [0.2, 0.25) is 5.02 Å². The topological polar surface area (TPSA) is 58.0 Å². The van der Waals surface area contributed by atoms with Crippen molar-refractivity contribution >= 4 is 44.5 Å². The second kappa shape index (κ2) is 8.13. The lowest BCUT2D eigenvalue weighted by atomic mass is 9.95. The number of hydrogen-bond donors (Lipinski definition) is 1. The molecule has 2 aliphatic rings. The lowest BCUT2D eigenvalue weighted by Gasteiger charge is -2.33. The zero-order chi connectivity index (χ0) is 19.8. The second-order valence-corrected chi connectivity index (χ2v) is 8.87. The van der Waals surface area contributed by atoms with Gasteiger partial charge in [0, 0.05) is 22.5 Å². The van der Waals surface area contributed by atoms with Crippen LogP contribution in [-0.2, 0) is 0 Å². The Labute approximate surface area is 182 Å². The van der Waals surface area contributed by atoms with E-state index in [4.69, 9.17) is 21.3 Å². The Morgan fingerprint density at radius 1 is 1.39 bits per heavy atom. The maximum Gasteiger partial charge on any atom is 0.177 e. The molecule has 148 valence electrons. The van der Waals surface area contributed by atoms with Crippen LogP contribution in [0.3, 0.4) is 0 Å². The summed E-state index contributed by atoms with van der Waals surface area (Å²) in [6, 6.07) is 7.95. The average molecular weight is 483 g/mol. The molecule has 0 spiro atoms. The van der Waals surface area contributed by atoms with Crippen molar-refractivity contribution < 1.29 is 9.84 Å². The molecule has 1 saturated heterocycles.